The molecular weight excluding hydrogens is 382 g/mol. The minimum Gasteiger partial charge on any atom is -0.495 e. The smallest absolute Gasteiger partial charge is 0.265 e. The van der Waals surface area contributed by atoms with Crippen molar-refractivity contribution in [1.29, 1.82) is 0 Å². The van der Waals surface area contributed by atoms with E-state index in [9.17, 15) is 8.42 Å². The predicted octanol–water partition coefficient (Wildman–Crippen LogP) is 3.52. The minimum atomic E-state index is -3.75. The zero-order valence-electron chi connectivity index (χ0n) is 15.0. The summed E-state index contributed by atoms with van der Waals surface area (Å²) in [6.45, 7) is 3.54. The van der Waals surface area contributed by atoms with Crippen LogP contribution in [0.1, 0.15) is 11.1 Å². The molecule has 0 atom stereocenters. The van der Waals surface area contributed by atoms with Crippen LogP contribution in [0.4, 0.5) is 5.69 Å². The molecule has 0 bridgehead atoms. The number of methoxy groups -OCH3 is 1. The van der Waals surface area contributed by atoms with E-state index in [0.717, 1.165) is 35.1 Å². The Balaban J connectivity index is 1.57. The van der Waals surface area contributed by atoms with Crippen LogP contribution in [0.5, 0.6) is 5.75 Å². The van der Waals surface area contributed by atoms with Gasteiger partial charge in [-0.1, -0.05) is 30.0 Å². The number of anilines is 1. The number of nitrogens with zero attached hydrogens (tertiary/aromatic N) is 2. The molecule has 27 heavy (non-hydrogen) atoms. The maximum atomic E-state index is 12.8. The van der Waals surface area contributed by atoms with Crippen molar-refractivity contribution in [2.24, 2.45) is 4.99 Å². The highest BCUT2D eigenvalue weighted by molar-refractivity contribution is 8.16. The number of hydrogen-bond donors (Lipinski definition) is 1. The van der Waals surface area contributed by atoms with Gasteiger partial charge in [0, 0.05) is 17.6 Å². The van der Waals surface area contributed by atoms with Gasteiger partial charge in [-0.25, -0.2) is 8.42 Å². The molecule has 2 aromatic carbocycles. The number of sulfonamides is 1. The van der Waals surface area contributed by atoms with Crippen LogP contribution in [0.3, 0.4) is 0 Å². The summed E-state index contributed by atoms with van der Waals surface area (Å²) in [6, 6.07) is 12.4. The molecule has 1 N–H and O–H groups in total. The first-order chi connectivity index (χ1) is 13.0. The van der Waals surface area contributed by atoms with Crippen molar-refractivity contribution in [3.8, 4) is 5.75 Å². The minimum absolute atomic E-state index is 0.127. The van der Waals surface area contributed by atoms with E-state index in [-0.39, 0.29) is 4.90 Å². The molecule has 0 unspecified atom stereocenters. The van der Waals surface area contributed by atoms with E-state index in [4.69, 9.17) is 4.74 Å². The molecule has 4 rings (SSSR count). The number of hydrogen-bond acceptors (Lipinski definition) is 6. The number of fused-ring (bicyclic) bond motifs is 1. The van der Waals surface area contributed by atoms with Crippen LogP contribution < -0.4 is 9.46 Å². The lowest BCUT2D eigenvalue weighted by Crippen LogP contribution is -2.19. The third-order valence-electron chi connectivity index (χ3n) is 4.41. The number of amidine groups is 1. The molecule has 0 saturated carbocycles. The number of aryl methyl sites for hydroxylation is 1. The standard InChI is InChI=1S/C19H19N3O3S2/c1-13-3-8-17(25-2)18(11-13)27(23,24)21-15-6-4-14(5-7-15)16-12-26-19-20-9-10-22(16)19/h3-8,11-12,21H,9-10H2,1-2H3. The quantitative estimate of drug-likeness (QED) is 0.830. The molecular formula is C19H19N3O3S2. The average Bonchev–Trinajstić information content (AvgIpc) is 3.26. The lowest BCUT2D eigenvalue weighted by molar-refractivity contribution is 0.402. The predicted molar refractivity (Wildman–Crippen MR) is 110 cm³/mol. The highest BCUT2D eigenvalue weighted by Gasteiger charge is 2.27. The highest BCUT2D eigenvalue weighted by atomic mass is 32.2. The second-order valence-electron chi connectivity index (χ2n) is 6.27. The van der Waals surface area contributed by atoms with Crippen molar-refractivity contribution in [3.63, 3.8) is 0 Å². The second-order valence-corrected chi connectivity index (χ2v) is 8.76. The van der Waals surface area contributed by atoms with Crippen LogP contribution in [0.15, 0.2) is 57.8 Å². The van der Waals surface area contributed by atoms with Gasteiger partial charge in [0.1, 0.15) is 10.6 Å². The Kier molecular flexibility index (Phi) is 4.61. The monoisotopic (exact) mass is 401 g/mol. The lowest BCUT2D eigenvalue weighted by Gasteiger charge is -2.17. The maximum Gasteiger partial charge on any atom is 0.265 e. The van der Waals surface area contributed by atoms with Crippen molar-refractivity contribution >= 4 is 38.3 Å². The number of nitrogens with one attached hydrogen (secondary N) is 1. The van der Waals surface area contributed by atoms with E-state index >= 15 is 0 Å². The molecule has 0 aromatic heterocycles. The van der Waals surface area contributed by atoms with E-state index < -0.39 is 10.0 Å². The fourth-order valence-corrected chi connectivity index (χ4v) is 5.34. The van der Waals surface area contributed by atoms with Crippen molar-refractivity contribution in [2.75, 3.05) is 24.9 Å². The summed E-state index contributed by atoms with van der Waals surface area (Å²) in [5.74, 6) is 0.318. The summed E-state index contributed by atoms with van der Waals surface area (Å²) < 4.78 is 33.4. The van der Waals surface area contributed by atoms with Gasteiger partial charge in [0.25, 0.3) is 10.0 Å². The zero-order chi connectivity index (χ0) is 19.0. The van der Waals surface area contributed by atoms with Crippen LogP contribution in [0.25, 0.3) is 5.70 Å². The fraction of sp³-hybridized carbons (Fsp3) is 0.211. The normalized spacial score (nSPS) is 16.0. The first-order valence-electron chi connectivity index (χ1n) is 8.45. The molecule has 140 valence electrons. The van der Waals surface area contributed by atoms with Gasteiger partial charge < -0.3 is 9.64 Å². The third-order valence-corrected chi connectivity index (χ3v) is 6.71. The molecule has 2 aromatic rings. The van der Waals surface area contributed by atoms with E-state index in [1.54, 1.807) is 36.0 Å². The van der Waals surface area contributed by atoms with Gasteiger partial charge in [-0.15, -0.1) is 0 Å². The first-order valence-corrected chi connectivity index (χ1v) is 10.8. The Bertz CT molecular complexity index is 1040. The maximum absolute atomic E-state index is 12.8. The summed E-state index contributed by atoms with van der Waals surface area (Å²) in [5, 5.41) is 3.11. The lowest BCUT2D eigenvalue weighted by atomic mass is 10.1. The van der Waals surface area contributed by atoms with E-state index in [1.807, 2.05) is 25.1 Å². The van der Waals surface area contributed by atoms with Crippen LogP contribution in [0, 0.1) is 6.92 Å². The van der Waals surface area contributed by atoms with Gasteiger partial charge in [-0.3, -0.25) is 9.71 Å². The van der Waals surface area contributed by atoms with Crippen LogP contribution in [-0.4, -0.2) is 38.7 Å². The van der Waals surface area contributed by atoms with Gasteiger partial charge >= 0.3 is 0 Å². The van der Waals surface area contributed by atoms with Crippen LogP contribution in [0.2, 0.25) is 0 Å². The SMILES string of the molecule is COc1ccc(C)cc1S(=O)(=O)Nc1ccc(C2=CSC3=NCCN23)cc1. The van der Waals surface area contributed by atoms with Gasteiger partial charge in [-0.2, -0.15) is 0 Å². The molecule has 0 radical (unpaired) electrons. The average molecular weight is 402 g/mol. The number of thioether (sulfide) groups is 1. The number of benzene rings is 2. The topological polar surface area (TPSA) is 71.0 Å². The Labute approximate surface area is 163 Å². The summed E-state index contributed by atoms with van der Waals surface area (Å²) in [6.07, 6.45) is 0. The molecule has 6 nitrogen and oxygen atoms in total. The summed E-state index contributed by atoms with van der Waals surface area (Å²) in [5.41, 5.74) is 3.49. The van der Waals surface area contributed by atoms with Gasteiger partial charge in [0.2, 0.25) is 0 Å². The first kappa shape index (κ1) is 17.9. The van der Waals surface area contributed by atoms with Crippen LogP contribution in [-0.2, 0) is 10.0 Å². The van der Waals surface area contributed by atoms with Gasteiger partial charge in [0.05, 0.1) is 19.4 Å². The van der Waals surface area contributed by atoms with E-state index in [0.29, 0.717) is 11.4 Å². The van der Waals surface area contributed by atoms with Crippen molar-refractivity contribution in [3.05, 3.63) is 59.0 Å². The molecule has 0 saturated heterocycles. The molecule has 0 fully saturated rings. The Morgan fingerprint density at radius 2 is 1.96 bits per heavy atom. The molecule has 2 aliphatic rings. The van der Waals surface area contributed by atoms with Crippen molar-refractivity contribution in [2.45, 2.75) is 11.8 Å². The fourth-order valence-electron chi connectivity index (χ4n) is 3.06. The Morgan fingerprint density at radius 1 is 1.19 bits per heavy atom. The summed E-state index contributed by atoms with van der Waals surface area (Å²) in [7, 11) is -2.29. The molecule has 2 aliphatic heterocycles. The highest BCUT2D eigenvalue weighted by Crippen LogP contribution is 2.35. The second kappa shape index (κ2) is 6.94. The number of aliphatic imine (C=N–C) groups is 1. The van der Waals surface area contributed by atoms with E-state index in [2.05, 4.69) is 20.0 Å². The van der Waals surface area contributed by atoms with E-state index in [1.165, 1.54) is 7.11 Å². The molecule has 0 spiro atoms. The van der Waals surface area contributed by atoms with Crippen LogP contribution >= 0.6 is 11.8 Å². The Morgan fingerprint density at radius 3 is 2.70 bits per heavy atom. The number of rotatable bonds is 5. The summed E-state index contributed by atoms with van der Waals surface area (Å²) in [4.78, 5) is 6.76. The van der Waals surface area contributed by atoms with Gasteiger partial charge in [0.15, 0.2) is 5.17 Å². The zero-order valence-corrected chi connectivity index (χ0v) is 16.6. The largest absolute Gasteiger partial charge is 0.495 e. The van der Waals surface area contributed by atoms with Crippen molar-refractivity contribution < 1.29 is 13.2 Å². The van der Waals surface area contributed by atoms with Gasteiger partial charge in [-0.05, 0) is 42.3 Å². The number of ether oxygens (including phenoxy) is 1. The summed E-state index contributed by atoms with van der Waals surface area (Å²) >= 11 is 1.62. The molecule has 0 amide bonds. The third kappa shape index (κ3) is 3.42. The molecule has 8 heteroatoms. The Hall–Kier alpha value is -2.45. The molecule has 0 aliphatic carbocycles. The van der Waals surface area contributed by atoms with Crippen molar-refractivity contribution in [1.82, 2.24) is 4.90 Å². The molecule has 2 heterocycles.